The van der Waals surface area contributed by atoms with Crippen LogP contribution in [0.5, 0.6) is 0 Å². The first kappa shape index (κ1) is 12.7. The van der Waals surface area contributed by atoms with Crippen LogP contribution in [0.3, 0.4) is 0 Å². The maximum Gasteiger partial charge on any atom is 0.371 e. The standard InChI is InChI=1S/C15H15NO4/c1-16-7-6-9-8-10(2-3-11(9)16)14(17)12-4-5-13(20-12)15(18)19/h2-5,8,14,17H,6-7H2,1H3,(H,18,19). The molecule has 2 heterocycles. The van der Waals surface area contributed by atoms with Crippen LogP contribution in [0.15, 0.2) is 34.7 Å². The minimum absolute atomic E-state index is 0.167. The maximum atomic E-state index is 10.8. The first-order valence-electron chi connectivity index (χ1n) is 6.41. The van der Waals surface area contributed by atoms with Crippen molar-refractivity contribution < 1.29 is 19.4 Å². The van der Waals surface area contributed by atoms with E-state index < -0.39 is 12.1 Å². The summed E-state index contributed by atoms with van der Waals surface area (Å²) in [6.07, 6.45) is 0.00424. The van der Waals surface area contributed by atoms with Crippen LogP contribution in [0.1, 0.15) is 33.5 Å². The molecule has 5 heteroatoms. The van der Waals surface area contributed by atoms with E-state index in [9.17, 15) is 9.90 Å². The highest BCUT2D eigenvalue weighted by atomic mass is 16.4. The van der Waals surface area contributed by atoms with Crippen molar-refractivity contribution in [3.05, 3.63) is 53.0 Å². The van der Waals surface area contributed by atoms with Crippen molar-refractivity contribution in [3.63, 3.8) is 0 Å². The summed E-state index contributed by atoms with van der Waals surface area (Å²) in [5.41, 5.74) is 3.08. The van der Waals surface area contributed by atoms with Crippen molar-refractivity contribution in [2.24, 2.45) is 0 Å². The van der Waals surface area contributed by atoms with Gasteiger partial charge in [0.2, 0.25) is 5.76 Å². The summed E-state index contributed by atoms with van der Waals surface area (Å²) in [4.78, 5) is 12.9. The van der Waals surface area contributed by atoms with Gasteiger partial charge in [0.15, 0.2) is 0 Å². The van der Waals surface area contributed by atoms with Gasteiger partial charge in [0.05, 0.1) is 0 Å². The van der Waals surface area contributed by atoms with E-state index in [1.807, 2.05) is 25.2 Å². The Labute approximate surface area is 116 Å². The zero-order valence-corrected chi connectivity index (χ0v) is 11.0. The SMILES string of the molecule is CN1CCc2cc(C(O)c3ccc(C(=O)O)o3)ccc21. The van der Waals surface area contributed by atoms with Crippen LogP contribution in [0, 0.1) is 0 Å². The second kappa shape index (κ2) is 4.68. The largest absolute Gasteiger partial charge is 0.475 e. The quantitative estimate of drug-likeness (QED) is 0.895. The van der Waals surface area contributed by atoms with Crippen molar-refractivity contribution >= 4 is 11.7 Å². The van der Waals surface area contributed by atoms with Crippen molar-refractivity contribution in [1.29, 1.82) is 0 Å². The van der Waals surface area contributed by atoms with E-state index in [1.54, 1.807) is 0 Å². The number of aliphatic hydroxyl groups excluding tert-OH is 1. The molecule has 0 saturated heterocycles. The molecule has 2 aromatic rings. The first-order chi connectivity index (χ1) is 9.56. The smallest absolute Gasteiger partial charge is 0.371 e. The maximum absolute atomic E-state index is 10.8. The molecule has 5 nitrogen and oxygen atoms in total. The molecule has 2 N–H and O–H groups in total. The Bertz CT molecular complexity index is 662. The van der Waals surface area contributed by atoms with Crippen molar-refractivity contribution in [2.45, 2.75) is 12.5 Å². The number of carbonyl (C=O) groups is 1. The van der Waals surface area contributed by atoms with Crippen molar-refractivity contribution in [2.75, 3.05) is 18.5 Å². The van der Waals surface area contributed by atoms with Gasteiger partial charge in [0, 0.05) is 19.3 Å². The second-order valence-electron chi connectivity index (χ2n) is 4.97. The van der Waals surface area contributed by atoms with Crippen LogP contribution in [-0.2, 0) is 6.42 Å². The molecular weight excluding hydrogens is 258 g/mol. The second-order valence-corrected chi connectivity index (χ2v) is 4.97. The lowest BCUT2D eigenvalue weighted by atomic mass is 10.0. The molecule has 0 aliphatic carbocycles. The lowest BCUT2D eigenvalue weighted by Gasteiger charge is -2.13. The number of benzene rings is 1. The number of aromatic carboxylic acids is 1. The van der Waals surface area contributed by atoms with Crippen LogP contribution in [-0.4, -0.2) is 29.8 Å². The average Bonchev–Trinajstić information content (AvgIpc) is 3.05. The number of likely N-dealkylation sites (N-methyl/N-ethyl adjacent to an activating group) is 1. The molecule has 0 amide bonds. The number of anilines is 1. The zero-order chi connectivity index (χ0) is 14.3. The van der Waals surface area contributed by atoms with E-state index in [1.165, 1.54) is 23.4 Å². The van der Waals surface area contributed by atoms with Gasteiger partial charge in [-0.05, 0) is 35.7 Å². The van der Waals surface area contributed by atoms with Crippen LogP contribution < -0.4 is 4.90 Å². The van der Waals surface area contributed by atoms with Crippen molar-refractivity contribution in [3.8, 4) is 0 Å². The van der Waals surface area contributed by atoms with Crippen LogP contribution in [0.4, 0.5) is 5.69 Å². The third-order valence-corrected chi connectivity index (χ3v) is 3.65. The van der Waals surface area contributed by atoms with Gasteiger partial charge in [-0.2, -0.15) is 0 Å². The molecule has 1 aromatic heterocycles. The van der Waals surface area contributed by atoms with Gasteiger partial charge < -0.3 is 19.5 Å². The van der Waals surface area contributed by atoms with Crippen LogP contribution >= 0.6 is 0 Å². The molecule has 0 spiro atoms. The van der Waals surface area contributed by atoms with Crippen LogP contribution in [0.2, 0.25) is 0 Å². The first-order valence-corrected chi connectivity index (χ1v) is 6.41. The lowest BCUT2D eigenvalue weighted by molar-refractivity contribution is 0.0655. The average molecular weight is 273 g/mol. The summed E-state index contributed by atoms with van der Waals surface area (Å²) in [6, 6.07) is 8.61. The predicted octanol–water partition coefficient (Wildman–Crippen LogP) is 2.05. The summed E-state index contributed by atoms with van der Waals surface area (Å²) in [7, 11) is 2.04. The summed E-state index contributed by atoms with van der Waals surface area (Å²) in [6.45, 7) is 0.971. The minimum Gasteiger partial charge on any atom is -0.475 e. The number of carboxylic acid groups (broad SMARTS) is 1. The highest BCUT2D eigenvalue weighted by molar-refractivity contribution is 5.84. The van der Waals surface area contributed by atoms with Gasteiger partial charge in [-0.1, -0.05) is 12.1 Å². The molecule has 1 aliphatic heterocycles. The zero-order valence-electron chi connectivity index (χ0n) is 11.0. The predicted molar refractivity (Wildman–Crippen MR) is 73.1 cm³/mol. The third kappa shape index (κ3) is 2.06. The Balaban J connectivity index is 1.90. The summed E-state index contributed by atoms with van der Waals surface area (Å²) < 4.78 is 5.14. The molecule has 0 bridgehead atoms. The molecule has 1 atom stereocenters. The van der Waals surface area contributed by atoms with E-state index in [0.717, 1.165) is 13.0 Å². The molecule has 104 valence electrons. The summed E-state index contributed by atoms with van der Waals surface area (Å²) in [5.74, 6) is -1.06. The highest BCUT2D eigenvalue weighted by Gasteiger charge is 2.21. The molecule has 0 saturated carbocycles. The van der Waals surface area contributed by atoms with Crippen molar-refractivity contribution in [1.82, 2.24) is 0 Å². The van der Waals surface area contributed by atoms with E-state index >= 15 is 0 Å². The van der Waals surface area contributed by atoms with E-state index in [4.69, 9.17) is 9.52 Å². The van der Waals surface area contributed by atoms with Gasteiger partial charge in [0.1, 0.15) is 11.9 Å². The molecule has 3 rings (SSSR count). The Kier molecular flexibility index (Phi) is 2.99. The molecule has 1 unspecified atom stereocenters. The van der Waals surface area contributed by atoms with E-state index in [2.05, 4.69) is 4.90 Å². The van der Waals surface area contributed by atoms with Gasteiger partial charge in [-0.25, -0.2) is 4.79 Å². The number of furan rings is 1. The number of fused-ring (bicyclic) bond motifs is 1. The summed E-state index contributed by atoms with van der Waals surface area (Å²) >= 11 is 0. The third-order valence-electron chi connectivity index (χ3n) is 3.65. The topological polar surface area (TPSA) is 73.9 Å². The fraction of sp³-hybridized carbons (Fsp3) is 0.267. The molecule has 1 aliphatic rings. The normalized spacial score (nSPS) is 15.2. The van der Waals surface area contributed by atoms with Gasteiger partial charge >= 0.3 is 5.97 Å². The Hall–Kier alpha value is -2.27. The molecular formula is C15H15NO4. The lowest BCUT2D eigenvalue weighted by Crippen LogP contribution is -2.12. The Morgan fingerprint density at radius 1 is 1.35 bits per heavy atom. The monoisotopic (exact) mass is 273 g/mol. The molecule has 0 radical (unpaired) electrons. The Morgan fingerprint density at radius 2 is 2.15 bits per heavy atom. The highest BCUT2D eigenvalue weighted by Crippen LogP contribution is 2.31. The fourth-order valence-electron chi connectivity index (χ4n) is 2.54. The minimum atomic E-state index is -1.14. The molecule has 0 fully saturated rings. The number of nitrogens with zero attached hydrogens (tertiary/aromatic N) is 1. The van der Waals surface area contributed by atoms with Crippen LogP contribution in [0.25, 0.3) is 0 Å². The molecule has 1 aromatic carbocycles. The van der Waals surface area contributed by atoms with E-state index in [0.29, 0.717) is 5.56 Å². The van der Waals surface area contributed by atoms with Gasteiger partial charge in [-0.15, -0.1) is 0 Å². The number of hydrogen-bond donors (Lipinski definition) is 2. The number of hydrogen-bond acceptors (Lipinski definition) is 4. The van der Waals surface area contributed by atoms with E-state index in [-0.39, 0.29) is 11.5 Å². The number of aliphatic hydroxyl groups is 1. The number of carboxylic acids is 1. The molecule has 20 heavy (non-hydrogen) atoms. The number of rotatable bonds is 3. The van der Waals surface area contributed by atoms with Gasteiger partial charge in [0.25, 0.3) is 0 Å². The van der Waals surface area contributed by atoms with Gasteiger partial charge in [-0.3, -0.25) is 0 Å². The summed E-state index contributed by atoms with van der Waals surface area (Å²) in [5, 5.41) is 19.1. The fourth-order valence-corrected chi connectivity index (χ4v) is 2.54. The Morgan fingerprint density at radius 3 is 2.85 bits per heavy atom.